The first-order chi connectivity index (χ1) is 12.0. The summed E-state index contributed by atoms with van der Waals surface area (Å²) in [5.74, 6) is 0.833. The third kappa shape index (κ3) is 5.05. The molecule has 0 aromatic heterocycles. The lowest BCUT2D eigenvalue weighted by Gasteiger charge is -2.23. The Hall–Kier alpha value is -0.910. The highest BCUT2D eigenvalue weighted by atomic mass is 35.5. The summed E-state index contributed by atoms with van der Waals surface area (Å²) in [6, 6.07) is 5.67. The number of nitrogens with zero attached hydrogens (tertiary/aromatic N) is 2. The van der Waals surface area contributed by atoms with Crippen LogP contribution < -0.4 is 5.32 Å². The molecule has 3 rings (SSSR count). The van der Waals surface area contributed by atoms with Gasteiger partial charge in [0.05, 0.1) is 16.8 Å². The van der Waals surface area contributed by atoms with Gasteiger partial charge >= 0.3 is 0 Å². The van der Waals surface area contributed by atoms with Crippen molar-refractivity contribution >= 4 is 51.7 Å². The predicted octanol–water partition coefficient (Wildman–Crippen LogP) is 5.06. The van der Waals surface area contributed by atoms with E-state index in [-0.39, 0.29) is 11.9 Å². The normalized spacial score (nSPS) is 23.2. The lowest BCUT2D eigenvalue weighted by atomic mass is 9.96. The molecule has 136 valence electrons. The van der Waals surface area contributed by atoms with Crippen molar-refractivity contribution in [3.05, 3.63) is 28.2 Å². The van der Waals surface area contributed by atoms with Crippen LogP contribution in [-0.2, 0) is 4.79 Å². The molecule has 1 aromatic rings. The molecule has 0 bridgehead atoms. The Balaban J connectivity index is 1.57. The van der Waals surface area contributed by atoms with E-state index in [1.54, 1.807) is 30.0 Å². The van der Waals surface area contributed by atoms with E-state index in [1.807, 2.05) is 7.05 Å². The van der Waals surface area contributed by atoms with Crippen LogP contribution in [0.4, 0.5) is 5.69 Å². The van der Waals surface area contributed by atoms with Crippen LogP contribution in [0.5, 0.6) is 0 Å². The van der Waals surface area contributed by atoms with E-state index in [4.69, 9.17) is 28.2 Å². The second kappa shape index (κ2) is 8.65. The second-order valence-electron chi connectivity index (χ2n) is 6.66. The monoisotopic (exact) mass is 399 g/mol. The number of nitrogens with one attached hydrogen (secondary N) is 1. The van der Waals surface area contributed by atoms with Gasteiger partial charge in [0.25, 0.3) is 0 Å². The first-order valence-electron chi connectivity index (χ1n) is 8.71. The number of hydrogen-bond donors (Lipinski definition) is 1. The Morgan fingerprint density at radius 1 is 1.32 bits per heavy atom. The Morgan fingerprint density at radius 3 is 2.84 bits per heavy atom. The molecule has 2 aliphatic rings. The number of amides is 1. The van der Waals surface area contributed by atoms with Crippen LogP contribution in [0.1, 0.15) is 38.5 Å². The molecule has 0 radical (unpaired) electrons. The lowest BCUT2D eigenvalue weighted by molar-refractivity contribution is -0.116. The molecule has 1 unspecified atom stereocenters. The molecule has 1 N–H and O–H groups in total. The third-order valence-electron chi connectivity index (χ3n) is 4.75. The largest absolute Gasteiger partial charge is 0.350 e. The molecule has 1 aliphatic heterocycles. The molecule has 1 heterocycles. The van der Waals surface area contributed by atoms with Crippen LogP contribution in [-0.4, -0.2) is 40.9 Å². The van der Waals surface area contributed by atoms with Gasteiger partial charge in [-0.1, -0.05) is 54.2 Å². The van der Waals surface area contributed by atoms with E-state index < -0.39 is 0 Å². The number of carbonyl (C=O) groups is 1. The number of carbonyl (C=O) groups excluding carboxylic acids is 1. The predicted molar refractivity (Wildman–Crippen MR) is 108 cm³/mol. The van der Waals surface area contributed by atoms with Gasteiger partial charge in [-0.3, -0.25) is 9.79 Å². The van der Waals surface area contributed by atoms with Crippen molar-refractivity contribution in [3.8, 4) is 0 Å². The van der Waals surface area contributed by atoms with Gasteiger partial charge in [0.2, 0.25) is 5.91 Å². The first kappa shape index (κ1) is 18.9. The summed E-state index contributed by atoms with van der Waals surface area (Å²) in [4.78, 5) is 19.5. The Labute approximate surface area is 163 Å². The summed E-state index contributed by atoms with van der Waals surface area (Å²) in [5.41, 5.74) is 0.559. The first-order valence-corrected chi connectivity index (χ1v) is 10.5. The molecular formula is C18H23Cl2N3OS. The van der Waals surface area contributed by atoms with Crippen molar-refractivity contribution in [2.75, 3.05) is 18.1 Å². The minimum Gasteiger partial charge on any atom is -0.350 e. The Morgan fingerprint density at radius 2 is 2.08 bits per heavy atom. The zero-order valence-electron chi connectivity index (χ0n) is 14.3. The van der Waals surface area contributed by atoms with Crippen LogP contribution >= 0.6 is 35.0 Å². The minimum atomic E-state index is -0.0551. The summed E-state index contributed by atoms with van der Waals surface area (Å²) in [5, 5.41) is 4.98. The maximum Gasteiger partial charge on any atom is 0.226 e. The number of thioether (sulfide) groups is 1. The van der Waals surface area contributed by atoms with Crippen LogP contribution in [0.3, 0.4) is 0 Å². The Bertz CT molecular complexity index is 662. The van der Waals surface area contributed by atoms with Crippen molar-refractivity contribution in [3.63, 3.8) is 0 Å². The number of benzene rings is 1. The second-order valence-corrected chi connectivity index (χ2v) is 8.49. The topological polar surface area (TPSA) is 44.7 Å². The third-order valence-corrected chi connectivity index (χ3v) is 6.51. The van der Waals surface area contributed by atoms with Gasteiger partial charge in [-0.05, 0) is 31.0 Å². The molecule has 0 spiro atoms. The SMILES string of the molecule is CN1C(=NC2CCCCC2)SCC1CC(=O)Nc1cc(Cl)ccc1Cl. The van der Waals surface area contributed by atoms with Gasteiger partial charge in [-0.2, -0.15) is 0 Å². The van der Waals surface area contributed by atoms with Gasteiger partial charge in [-0.15, -0.1) is 0 Å². The molecule has 25 heavy (non-hydrogen) atoms. The number of hydrogen-bond acceptors (Lipinski definition) is 3. The molecule has 1 atom stereocenters. The van der Waals surface area contributed by atoms with Gasteiger partial charge < -0.3 is 10.2 Å². The van der Waals surface area contributed by atoms with Crippen molar-refractivity contribution in [1.29, 1.82) is 0 Å². The molecule has 7 heteroatoms. The van der Waals surface area contributed by atoms with Gasteiger partial charge in [0.1, 0.15) is 0 Å². The molecule has 2 fully saturated rings. The highest BCUT2D eigenvalue weighted by Crippen LogP contribution is 2.29. The highest BCUT2D eigenvalue weighted by molar-refractivity contribution is 8.14. The van der Waals surface area contributed by atoms with E-state index in [9.17, 15) is 4.79 Å². The van der Waals surface area contributed by atoms with Crippen LogP contribution in [0.2, 0.25) is 10.0 Å². The standard InChI is InChI=1S/C18H23Cl2N3OS/c1-23-14(11-25-18(23)21-13-5-3-2-4-6-13)10-17(24)22-16-9-12(19)7-8-15(16)20/h7-9,13-14H,2-6,10-11H2,1H3,(H,22,24). The molecule has 1 aliphatic carbocycles. The zero-order valence-corrected chi connectivity index (χ0v) is 16.6. The number of anilines is 1. The molecule has 1 aromatic carbocycles. The van der Waals surface area contributed by atoms with E-state index in [0.29, 0.717) is 28.2 Å². The van der Waals surface area contributed by atoms with Gasteiger partial charge in [0, 0.05) is 30.3 Å². The summed E-state index contributed by atoms with van der Waals surface area (Å²) in [7, 11) is 2.03. The Kier molecular flexibility index (Phi) is 6.53. The fourth-order valence-corrected chi connectivity index (χ4v) is 4.84. The van der Waals surface area contributed by atoms with Crippen molar-refractivity contribution in [2.24, 2.45) is 4.99 Å². The van der Waals surface area contributed by atoms with Crippen LogP contribution in [0.15, 0.2) is 23.2 Å². The fraction of sp³-hybridized carbons (Fsp3) is 0.556. The summed E-state index contributed by atoms with van der Waals surface area (Å²) in [6.07, 6.45) is 6.69. The summed E-state index contributed by atoms with van der Waals surface area (Å²) in [6.45, 7) is 0. The van der Waals surface area contributed by atoms with E-state index >= 15 is 0 Å². The van der Waals surface area contributed by atoms with Crippen LogP contribution in [0.25, 0.3) is 0 Å². The molecular weight excluding hydrogens is 377 g/mol. The molecule has 1 amide bonds. The lowest BCUT2D eigenvalue weighted by Crippen LogP contribution is -2.34. The highest BCUT2D eigenvalue weighted by Gasteiger charge is 2.30. The van der Waals surface area contributed by atoms with Crippen molar-refractivity contribution in [2.45, 2.75) is 50.6 Å². The molecule has 1 saturated carbocycles. The number of halogens is 2. The van der Waals surface area contributed by atoms with E-state index in [0.717, 1.165) is 10.9 Å². The van der Waals surface area contributed by atoms with E-state index in [1.165, 1.54) is 32.1 Å². The average molecular weight is 400 g/mol. The van der Waals surface area contributed by atoms with E-state index in [2.05, 4.69) is 10.2 Å². The summed E-state index contributed by atoms with van der Waals surface area (Å²) >= 11 is 13.8. The zero-order chi connectivity index (χ0) is 17.8. The number of rotatable bonds is 4. The average Bonchev–Trinajstić information content (AvgIpc) is 2.92. The fourth-order valence-electron chi connectivity index (χ4n) is 3.24. The van der Waals surface area contributed by atoms with Gasteiger partial charge in [-0.25, -0.2) is 0 Å². The molecule has 1 saturated heterocycles. The molecule has 4 nitrogen and oxygen atoms in total. The maximum atomic E-state index is 12.4. The maximum absolute atomic E-state index is 12.4. The smallest absolute Gasteiger partial charge is 0.226 e. The number of aliphatic imine (C=N–C) groups is 1. The number of amidine groups is 1. The van der Waals surface area contributed by atoms with Crippen molar-refractivity contribution in [1.82, 2.24) is 4.90 Å². The quantitative estimate of drug-likeness (QED) is 0.769. The summed E-state index contributed by atoms with van der Waals surface area (Å²) < 4.78 is 0. The van der Waals surface area contributed by atoms with Gasteiger partial charge in [0.15, 0.2) is 5.17 Å². The van der Waals surface area contributed by atoms with Crippen molar-refractivity contribution < 1.29 is 4.79 Å². The van der Waals surface area contributed by atoms with Crippen LogP contribution in [0, 0.1) is 0 Å². The minimum absolute atomic E-state index is 0.0551.